The van der Waals surface area contributed by atoms with E-state index < -0.39 is 5.60 Å². The van der Waals surface area contributed by atoms with Gasteiger partial charge in [0.05, 0.1) is 12.3 Å². The van der Waals surface area contributed by atoms with Gasteiger partial charge in [0.2, 0.25) is 5.91 Å². The first-order chi connectivity index (χ1) is 13.7. The average molecular weight is 382 g/mol. The van der Waals surface area contributed by atoms with Crippen LogP contribution in [-0.4, -0.2) is 28.9 Å². The molecule has 1 unspecified atom stereocenters. The zero-order valence-electron chi connectivity index (χ0n) is 16.7. The highest BCUT2D eigenvalue weighted by Crippen LogP contribution is 2.46. The Morgan fingerprint density at radius 2 is 1.89 bits per heavy atom. The van der Waals surface area contributed by atoms with Crippen LogP contribution in [0, 0.1) is 5.92 Å². The first-order valence-electron chi connectivity index (χ1n) is 10.9. The second-order valence-electron chi connectivity index (χ2n) is 8.61. The van der Waals surface area contributed by atoms with E-state index in [1.807, 2.05) is 23.1 Å². The van der Waals surface area contributed by atoms with Crippen molar-refractivity contribution in [2.75, 3.05) is 6.54 Å². The minimum atomic E-state index is -0.535. The third kappa shape index (κ3) is 4.16. The number of hydrogen-bond donors (Lipinski definition) is 0. The Bertz CT molecular complexity index is 733. The van der Waals surface area contributed by atoms with Crippen molar-refractivity contribution in [2.24, 2.45) is 5.92 Å². The van der Waals surface area contributed by atoms with Gasteiger partial charge in [-0.15, -0.1) is 0 Å². The molecule has 28 heavy (non-hydrogen) atoms. The summed E-state index contributed by atoms with van der Waals surface area (Å²) in [7, 11) is 0. The van der Waals surface area contributed by atoms with Gasteiger partial charge in [0, 0.05) is 13.1 Å². The summed E-state index contributed by atoms with van der Waals surface area (Å²) in [5.41, 5.74) is 2.08. The zero-order chi connectivity index (χ0) is 19.4. The van der Waals surface area contributed by atoms with E-state index in [4.69, 9.17) is 4.74 Å². The average Bonchev–Trinajstić information content (AvgIpc) is 3.32. The third-order valence-electron chi connectivity index (χ3n) is 6.69. The molecule has 1 saturated heterocycles. The van der Waals surface area contributed by atoms with Crippen LogP contribution < -0.4 is 0 Å². The highest BCUT2D eigenvalue weighted by atomic mass is 16.6. The van der Waals surface area contributed by atoms with Gasteiger partial charge in [0.25, 0.3) is 0 Å². The highest BCUT2D eigenvalue weighted by Gasteiger charge is 2.54. The van der Waals surface area contributed by atoms with Crippen LogP contribution in [0.15, 0.2) is 42.0 Å². The summed E-state index contributed by atoms with van der Waals surface area (Å²) in [5.74, 6) is -0.408. The molecular formula is C24H31NO3. The van der Waals surface area contributed by atoms with Crippen LogP contribution >= 0.6 is 0 Å². The monoisotopic (exact) mass is 381 g/mol. The van der Waals surface area contributed by atoms with E-state index in [2.05, 4.69) is 18.2 Å². The second kappa shape index (κ2) is 8.50. The molecule has 1 atom stereocenters. The van der Waals surface area contributed by atoms with E-state index in [1.54, 1.807) is 0 Å². The largest absolute Gasteiger partial charge is 0.458 e. The van der Waals surface area contributed by atoms with Gasteiger partial charge in [-0.3, -0.25) is 9.59 Å². The fourth-order valence-corrected chi connectivity index (χ4v) is 5.13. The van der Waals surface area contributed by atoms with Crippen LogP contribution in [0.5, 0.6) is 0 Å². The molecule has 1 saturated carbocycles. The van der Waals surface area contributed by atoms with Crippen LogP contribution in [0.25, 0.3) is 0 Å². The normalized spacial score (nSPS) is 23.5. The molecule has 0 bridgehead atoms. The van der Waals surface area contributed by atoms with Crippen molar-refractivity contribution in [3.8, 4) is 0 Å². The maximum atomic E-state index is 13.6. The number of esters is 1. The van der Waals surface area contributed by atoms with E-state index in [-0.39, 0.29) is 24.2 Å². The lowest BCUT2D eigenvalue weighted by Crippen LogP contribution is -2.45. The van der Waals surface area contributed by atoms with Gasteiger partial charge >= 0.3 is 5.97 Å². The van der Waals surface area contributed by atoms with Crippen LogP contribution in [0.4, 0.5) is 0 Å². The number of allylic oxidation sites excluding steroid dienone is 1. The molecule has 1 amide bonds. The maximum absolute atomic E-state index is 13.6. The van der Waals surface area contributed by atoms with Gasteiger partial charge in [-0.25, -0.2) is 0 Å². The lowest BCUT2D eigenvalue weighted by molar-refractivity contribution is -0.151. The van der Waals surface area contributed by atoms with Crippen molar-refractivity contribution >= 4 is 11.9 Å². The molecular weight excluding hydrogens is 350 g/mol. The number of benzene rings is 1. The molecule has 0 aromatic heterocycles. The Morgan fingerprint density at radius 1 is 1.11 bits per heavy atom. The molecule has 4 rings (SSSR count). The fraction of sp³-hybridized carbons (Fsp3) is 0.583. The molecule has 4 heteroatoms. The molecule has 1 heterocycles. The number of hydrogen-bond acceptors (Lipinski definition) is 3. The van der Waals surface area contributed by atoms with Crippen LogP contribution in [0.1, 0.15) is 69.8 Å². The smallest absolute Gasteiger partial charge is 0.307 e. The minimum absolute atomic E-state index is 0.105. The number of carbonyl (C=O) groups is 2. The molecule has 150 valence electrons. The summed E-state index contributed by atoms with van der Waals surface area (Å²) in [4.78, 5) is 27.7. The third-order valence-corrected chi connectivity index (χ3v) is 6.69. The predicted octanol–water partition coefficient (Wildman–Crippen LogP) is 4.78. The van der Waals surface area contributed by atoms with Crippen molar-refractivity contribution in [1.82, 2.24) is 4.90 Å². The van der Waals surface area contributed by atoms with Gasteiger partial charge in [-0.1, -0.05) is 42.0 Å². The van der Waals surface area contributed by atoms with Crippen molar-refractivity contribution in [1.29, 1.82) is 0 Å². The number of ether oxygens (including phenoxy) is 1. The molecule has 0 N–H and O–H groups in total. The molecule has 2 fully saturated rings. The van der Waals surface area contributed by atoms with Gasteiger partial charge in [0.15, 0.2) is 0 Å². The Morgan fingerprint density at radius 3 is 2.61 bits per heavy atom. The molecule has 1 aromatic carbocycles. The molecule has 1 aliphatic heterocycles. The lowest BCUT2D eigenvalue weighted by atomic mass is 9.84. The van der Waals surface area contributed by atoms with Gasteiger partial charge in [-0.2, -0.15) is 0 Å². The summed E-state index contributed by atoms with van der Waals surface area (Å²) in [6.07, 6.45) is 12.1. The summed E-state index contributed by atoms with van der Waals surface area (Å²) >= 11 is 0. The quantitative estimate of drug-likeness (QED) is 0.526. The Kier molecular flexibility index (Phi) is 5.84. The van der Waals surface area contributed by atoms with E-state index >= 15 is 0 Å². The summed E-state index contributed by atoms with van der Waals surface area (Å²) < 4.78 is 5.74. The number of nitrogens with zero attached hydrogens (tertiary/aromatic N) is 1. The second-order valence-corrected chi connectivity index (χ2v) is 8.61. The Hall–Kier alpha value is -2.10. The lowest BCUT2D eigenvalue weighted by Gasteiger charge is -2.33. The van der Waals surface area contributed by atoms with E-state index in [1.165, 1.54) is 18.4 Å². The highest BCUT2D eigenvalue weighted by molar-refractivity contribution is 5.88. The van der Waals surface area contributed by atoms with Crippen molar-refractivity contribution in [2.45, 2.75) is 76.4 Å². The van der Waals surface area contributed by atoms with Crippen molar-refractivity contribution in [3.63, 3.8) is 0 Å². The van der Waals surface area contributed by atoms with Gasteiger partial charge in [0.1, 0.15) is 5.60 Å². The zero-order valence-corrected chi connectivity index (χ0v) is 16.7. The number of carbonyl (C=O) groups excluding carboxylic acids is 2. The summed E-state index contributed by atoms with van der Waals surface area (Å²) in [6.45, 7) is 1.33. The van der Waals surface area contributed by atoms with E-state index in [0.29, 0.717) is 6.54 Å². The summed E-state index contributed by atoms with van der Waals surface area (Å²) in [5, 5.41) is 0. The molecule has 0 radical (unpaired) electrons. The van der Waals surface area contributed by atoms with Gasteiger partial charge in [-0.05, 0) is 63.4 Å². The standard InChI is InChI=1S/C24H31NO3/c26-22-17-21(24(28-22)14-7-8-15-24)23(27)25(18-20-11-5-2-6-12-20)16-13-19-9-3-1-4-10-19/h2,5-6,9,11-12,21H,1,3-4,7-8,10,13-18H2. The topological polar surface area (TPSA) is 46.6 Å². The Labute approximate surface area is 167 Å². The van der Waals surface area contributed by atoms with Crippen molar-refractivity contribution < 1.29 is 14.3 Å². The summed E-state index contributed by atoms with van der Waals surface area (Å²) in [6, 6.07) is 10.2. The first-order valence-corrected chi connectivity index (χ1v) is 10.9. The van der Waals surface area contributed by atoms with Crippen LogP contribution in [-0.2, 0) is 20.9 Å². The van der Waals surface area contributed by atoms with E-state index in [9.17, 15) is 9.59 Å². The number of amides is 1. The minimum Gasteiger partial charge on any atom is -0.458 e. The fourth-order valence-electron chi connectivity index (χ4n) is 5.13. The Balaban J connectivity index is 1.52. The van der Waals surface area contributed by atoms with Crippen LogP contribution in [0.2, 0.25) is 0 Å². The SMILES string of the molecule is O=C1CC(C(=O)N(CCC2=CCCCC2)Cc2ccccc2)C2(CCCC2)O1. The molecule has 4 nitrogen and oxygen atoms in total. The van der Waals surface area contributed by atoms with Crippen molar-refractivity contribution in [3.05, 3.63) is 47.5 Å². The van der Waals surface area contributed by atoms with Crippen LogP contribution in [0.3, 0.4) is 0 Å². The number of rotatable bonds is 6. The maximum Gasteiger partial charge on any atom is 0.307 e. The molecule has 2 aliphatic carbocycles. The van der Waals surface area contributed by atoms with E-state index in [0.717, 1.165) is 57.1 Å². The molecule has 1 aromatic rings. The van der Waals surface area contributed by atoms with Gasteiger partial charge < -0.3 is 9.64 Å². The first kappa shape index (κ1) is 19.2. The molecule has 3 aliphatic rings. The molecule has 1 spiro atoms. The predicted molar refractivity (Wildman–Crippen MR) is 108 cm³/mol.